The molecule has 0 aliphatic rings. The lowest BCUT2D eigenvalue weighted by Crippen LogP contribution is -2.16. The first kappa shape index (κ1) is 27.8. The van der Waals surface area contributed by atoms with Crippen molar-refractivity contribution in [1.82, 2.24) is 4.57 Å². The van der Waals surface area contributed by atoms with Crippen molar-refractivity contribution in [2.75, 3.05) is 6.61 Å². The second kappa shape index (κ2) is 11.1. The van der Waals surface area contributed by atoms with Crippen LogP contribution in [0.25, 0.3) is 0 Å². The lowest BCUT2D eigenvalue weighted by atomic mass is 10.1. The van der Waals surface area contributed by atoms with Gasteiger partial charge in [0.25, 0.3) is 0 Å². The second-order valence-electron chi connectivity index (χ2n) is 9.69. The molecule has 194 valence electrons. The maximum Gasteiger partial charge on any atom is 0.352 e. The van der Waals surface area contributed by atoms with E-state index in [1.807, 2.05) is 46.8 Å². The van der Waals surface area contributed by atoms with Crippen LogP contribution in [0, 0.1) is 33.6 Å². The zero-order valence-corrected chi connectivity index (χ0v) is 23.3. The van der Waals surface area contributed by atoms with Gasteiger partial charge in [-0.1, -0.05) is 43.1 Å². The average molecular weight is 532 g/mol. The Hall–Kier alpha value is -2.77. The predicted molar refractivity (Wildman–Crippen MR) is 142 cm³/mol. The highest BCUT2D eigenvalue weighted by Crippen LogP contribution is 2.34. The minimum Gasteiger partial charge on any atom is -0.494 e. The lowest BCUT2D eigenvalue weighted by molar-refractivity contribution is 0.0683. The Balaban J connectivity index is 1.98. The standard InChI is InChI=1S/C28H34ClNO5S/c1-17(2)14-24-27(36(33,34)23-10-8-18(3)9-11-23)21(6)26(28(31)32)30(24)12-7-13-35-22-15-19(4)25(29)20(5)16-22/h8-11,15-17H,7,12-14H2,1-6H3,(H,31,32). The molecule has 0 amide bonds. The molecule has 6 nitrogen and oxygen atoms in total. The Bertz CT molecular complexity index is 1350. The van der Waals surface area contributed by atoms with Gasteiger partial charge in [-0.2, -0.15) is 0 Å². The fourth-order valence-electron chi connectivity index (χ4n) is 4.49. The normalized spacial score (nSPS) is 11.8. The summed E-state index contributed by atoms with van der Waals surface area (Å²) in [7, 11) is -3.91. The molecule has 0 fully saturated rings. The molecule has 0 saturated carbocycles. The first-order valence-corrected chi connectivity index (χ1v) is 13.9. The van der Waals surface area contributed by atoms with Crippen molar-refractivity contribution in [2.45, 2.75) is 70.7 Å². The Labute approximate surface area is 218 Å². The molecule has 8 heteroatoms. The maximum atomic E-state index is 13.7. The van der Waals surface area contributed by atoms with Crippen LogP contribution in [-0.4, -0.2) is 30.7 Å². The van der Waals surface area contributed by atoms with Crippen LogP contribution in [0.4, 0.5) is 0 Å². The van der Waals surface area contributed by atoms with Crippen LogP contribution in [0.3, 0.4) is 0 Å². The van der Waals surface area contributed by atoms with Crippen LogP contribution in [0.15, 0.2) is 46.2 Å². The topological polar surface area (TPSA) is 85.6 Å². The first-order chi connectivity index (χ1) is 16.8. The third kappa shape index (κ3) is 5.79. The van der Waals surface area contributed by atoms with Gasteiger partial charge in [-0.15, -0.1) is 0 Å². The van der Waals surface area contributed by atoms with Crippen molar-refractivity contribution in [3.05, 3.63) is 75.1 Å². The summed E-state index contributed by atoms with van der Waals surface area (Å²) in [6, 6.07) is 10.4. The molecule has 0 atom stereocenters. The van der Waals surface area contributed by atoms with Gasteiger partial charge in [0.1, 0.15) is 11.4 Å². The average Bonchev–Trinajstić information content (AvgIpc) is 3.06. The summed E-state index contributed by atoms with van der Waals surface area (Å²) < 4.78 is 35.0. The lowest BCUT2D eigenvalue weighted by Gasteiger charge is -2.16. The third-order valence-electron chi connectivity index (χ3n) is 6.16. The van der Waals surface area contributed by atoms with Gasteiger partial charge in [0.2, 0.25) is 9.84 Å². The highest BCUT2D eigenvalue weighted by Gasteiger charge is 2.33. The number of carbonyl (C=O) groups is 1. The summed E-state index contributed by atoms with van der Waals surface area (Å²) in [5, 5.41) is 10.8. The molecule has 36 heavy (non-hydrogen) atoms. The number of aromatic nitrogens is 1. The number of aromatic carboxylic acids is 1. The molecule has 0 bridgehead atoms. The number of carboxylic acids is 1. The highest BCUT2D eigenvalue weighted by atomic mass is 35.5. The van der Waals surface area contributed by atoms with E-state index in [1.54, 1.807) is 35.8 Å². The number of hydrogen-bond donors (Lipinski definition) is 1. The second-order valence-corrected chi connectivity index (χ2v) is 12.0. The van der Waals surface area contributed by atoms with Gasteiger partial charge in [0, 0.05) is 22.8 Å². The number of sulfone groups is 1. The number of benzene rings is 2. The summed E-state index contributed by atoms with van der Waals surface area (Å²) in [5.41, 5.74) is 3.59. The molecule has 1 aromatic heterocycles. The fourth-order valence-corrected chi connectivity index (χ4v) is 6.33. The zero-order chi connectivity index (χ0) is 26.8. The molecule has 0 saturated heterocycles. The van der Waals surface area contributed by atoms with Crippen LogP contribution < -0.4 is 4.74 Å². The van der Waals surface area contributed by atoms with Gasteiger partial charge in [-0.3, -0.25) is 0 Å². The molecule has 3 aromatic rings. The number of halogens is 1. The molecular formula is C28H34ClNO5S. The van der Waals surface area contributed by atoms with Crippen molar-refractivity contribution >= 4 is 27.4 Å². The van der Waals surface area contributed by atoms with E-state index in [4.69, 9.17) is 16.3 Å². The Kier molecular flexibility index (Phi) is 8.57. The molecule has 0 spiro atoms. The Morgan fingerprint density at radius 3 is 2.17 bits per heavy atom. The molecule has 2 aromatic carbocycles. The first-order valence-electron chi connectivity index (χ1n) is 12.0. The number of rotatable bonds is 10. The van der Waals surface area contributed by atoms with E-state index in [0.29, 0.717) is 42.5 Å². The molecule has 0 aliphatic carbocycles. The van der Waals surface area contributed by atoms with E-state index < -0.39 is 15.8 Å². The minimum atomic E-state index is -3.91. The number of aryl methyl sites for hydroxylation is 3. The smallest absolute Gasteiger partial charge is 0.352 e. The van der Waals surface area contributed by atoms with Crippen molar-refractivity contribution in [3.8, 4) is 5.75 Å². The van der Waals surface area contributed by atoms with Gasteiger partial charge in [0.15, 0.2) is 0 Å². The minimum absolute atomic E-state index is 0.00881. The molecule has 3 rings (SSSR count). The van der Waals surface area contributed by atoms with Crippen molar-refractivity contribution in [3.63, 3.8) is 0 Å². The predicted octanol–water partition coefficient (Wildman–Crippen LogP) is 6.57. The molecule has 0 unspecified atom stereocenters. The third-order valence-corrected chi connectivity index (χ3v) is 8.73. The van der Waals surface area contributed by atoms with E-state index in [-0.39, 0.29) is 27.0 Å². The van der Waals surface area contributed by atoms with Crippen molar-refractivity contribution in [2.24, 2.45) is 5.92 Å². The van der Waals surface area contributed by atoms with E-state index in [0.717, 1.165) is 16.7 Å². The van der Waals surface area contributed by atoms with Crippen molar-refractivity contribution < 1.29 is 23.1 Å². The molecule has 0 aliphatic heterocycles. The van der Waals surface area contributed by atoms with Crippen LogP contribution in [0.5, 0.6) is 5.75 Å². The van der Waals surface area contributed by atoms with Gasteiger partial charge < -0.3 is 14.4 Å². The molecule has 1 heterocycles. The van der Waals surface area contributed by atoms with Crippen molar-refractivity contribution in [1.29, 1.82) is 0 Å². The summed E-state index contributed by atoms with van der Waals surface area (Å²) >= 11 is 6.24. The van der Waals surface area contributed by atoms with E-state index in [9.17, 15) is 18.3 Å². The van der Waals surface area contributed by atoms with Gasteiger partial charge in [-0.05, 0) is 81.8 Å². The Morgan fingerprint density at radius 1 is 1.06 bits per heavy atom. The van der Waals surface area contributed by atoms with E-state index in [2.05, 4.69) is 0 Å². The molecule has 1 N–H and O–H groups in total. The summed E-state index contributed by atoms with van der Waals surface area (Å²) in [6.45, 7) is 11.9. The number of carboxylic acid groups (broad SMARTS) is 1. The van der Waals surface area contributed by atoms with Crippen LogP contribution in [-0.2, 0) is 22.8 Å². The van der Waals surface area contributed by atoms with Crippen LogP contribution in [0.2, 0.25) is 5.02 Å². The molecule has 0 radical (unpaired) electrons. The number of nitrogens with zero attached hydrogens (tertiary/aromatic N) is 1. The van der Waals surface area contributed by atoms with Gasteiger partial charge in [-0.25, -0.2) is 13.2 Å². The molecular weight excluding hydrogens is 498 g/mol. The zero-order valence-electron chi connectivity index (χ0n) is 21.7. The summed E-state index contributed by atoms with van der Waals surface area (Å²) in [5.74, 6) is -0.322. The SMILES string of the molecule is Cc1ccc(S(=O)(=O)c2c(C)c(C(=O)O)n(CCCOc3cc(C)c(Cl)c(C)c3)c2CC(C)C)cc1. The Morgan fingerprint density at radius 2 is 1.64 bits per heavy atom. The van der Waals surface area contributed by atoms with E-state index in [1.165, 1.54) is 0 Å². The quantitative estimate of drug-likeness (QED) is 0.299. The maximum absolute atomic E-state index is 13.7. The summed E-state index contributed by atoms with van der Waals surface area (Å²) in [4.78, 5) is 12.6. The fraction of sp³-hybridized carbons (Fsp3) is 0.393. The number of ether oxygens (including phenoxy) is 1. The van der Waals surface area contributed by atoms with Gasteiger partial charge >= 0.3 is 5.97 Å². The van der Waals surface area contributed by atoms with Crippen LogP contribution >= 0.6 is 11.6 Å². The largest absolute Gasteiger partial charge is 0.494 e. The van der Waals surface area contributed by atoms with Gasteiger partial charge in [0.05, 0.1) is 16.4 Å². The monoisotopic (exact) mass is 531 g/mol. The van der Waals surface area contributed by atoms with E-state index >= 15 is 0 Å². The van der Waals surface area contributed by atoms with Crippen LogP contribution in [0.1, 0.15) is 58.7 Å². The highest BCUT2D eigenvalue weighted by molar-refractivity contribution is 7.91. The number of hydrogen-bond acceptors (Lipinski definition) is 4. The summed E-state index contributed by atoms with van der Waals surface area (Å²) in [6.07, 6.45) is 0.940.